The second-order valence-corrected chi connectivity index (χ2v) is 10.5. The minimum absolute atomic E-state index is 0.148. The van der Waals surface area contributed by atoms with Crippen LogP contribution in [0, 0.1) is 0 Å². The number of likely N-dealkylation sites (N-methyl/N-ethyl adjacent to an activating group) is 1. The largest absolute Gasteiger partial charge is 0.486 e. The van der Waals surface area contributed by atoms with Gasteiger partial charge in [-0.3, -0.25) is 9.69 Å². The molecule has 192 valence electrons. The van der Waals surface area contributed by atoms with Crippen molar-refractivity contribution in [2.75, 3.05) is 46.4 Å². The number of hydrogen-bond acceptors (Lipinski definition) is 9. The van der Waals surface area contributed by atoms with Crippen LogP contribution >= 0.6 is 0 Å². The highest BCUT2D eigenvalue weighted by atomic mass is 16.6. The summed E-state index contributed by atoms with van der Waals surface area (Å²) in [5.74, 6) is 0.604. The number of carbonyl (C=O) groups excluding carboxylic acids is 1. The first-order chi connectivity index (χ1) is 17.8. The molecule has 0 amide bonds. The van der Waals surface area contributed by atoms with E-state index in [0.29, 0.717) is 48.2 Å². The van der Waals surface area contributed by atoms with Crippen LogP contribution in [0.15, 0.2) is 23.0 Å². The number of cyclic esters (lactones) is 1. The standard InChI is InChI=1S/C27H28N4O6/c1-27(34)19-10-21-24-17(13-31(21)25(32)18(19)14-37-26(27)33)16(12-30-5-3-29(2)4-6-30)15-9-22-23(11-20(15)28-24)36-8-7-35-22/h9-11,34H,3-8,12-14H2,1-2H3. The lowest BCUT2D eigenvalue weighted by atomic mass is 9.89. The van der Waals surface area contributed by atoms with Crippen LogP contribution in [0.5, 0.6) is 11.5 Å². The van der Waals surface area contributed by atoms with Gasteiger partial charge in [-0.2, -0.15) is 0 Å². The average Bonchev–Trinajstić information content (AvgIpc) is 3.26. The van der Waals surface area contributed by atoms with Crippen LogP contribution in [0.3, 0.4) is 0 Å². The first kappa shape index (κ1) is 22.7. The van der Waals surface area contributed by atoms with Crippen molar-refractivity contribution in [2.45, 2.75) is 32.2 Å². The Morgan fingerprint density at radius 1 is 1.00 bits per heavy atom. The molecule has 7 rings (SSSR count). The third-order valence-electron chi connectivity index (χ3n) is 8.07. The van der Waals surface area contributed by atoms with E-state index < -0.39 is 11.6 Å². The Labute approximate surface area is 213 Å². The Kier molecular flexibility index (Phi) is 4.92. The van der Waals surface area contributed by atoms with Crippen LogP contribution in [0.25, 0.3) is 22.3 Å². The van der Waals surface area contributed by atoms with Crippen molar-refractivity contribution in [2.24, 2.45) is 0 Å². The number of nitrogens with zero attached hydrogens (tertiary/aromatic N) is 4. The van der Waals surface area contributed by atoms with E-state index in [1.165, 1.54) is 6.92 Å². The number of esters is 1. The van der Waals surface area contributed by atoms with Crippen molar-refractivity contribution < 1.29 is 24.1 Å². The van der Waals surface area contributed by atoms with Gasteiger partial charge in [0.15, 0.2) is 17.1 Å². The summed E-state index contributed by atoms with van der Waals surface area (Å²) in [4.78, 5) is 35.7. The Hall–Kier alpha value is -3.47. The van der Waals surface area contributed by atoms with Gasteiger partial charge in [-0.1, -0.05) is 0 Å². The molecule has 1 unspecified atom stereocenters. The van der Waals surface area contributed by atoms with Crippen LogP contribution in [0.1, 0.15) is 29.2 Å². The summed E-state index contributed by atoms with van der Waals surface area (Å²) >= 11 is 0. The molecule has 0 radical (unpaired) electrons. The number of benzene rings is 1. The number of piperazine rings is 1. The maximum Gasteiger partial charge on any atom is 0.342 e. The molecular formula is C27H28N4O6. The van der Waals surface area contributed by atoms with E-state index in [9.17, 15) is 14.7 Å². The molecule has 0 bridgehead atoms. The topological polar surface area (TPSA) is 106 Å². The monoisotopic (exact) mass is 504 g/mol. The van der Waals surface area contributed by atoms with Crippen molar-refractivity contribution in [1.29, 1.82) is 0 Å². The van der Waals surface area contributed by atoms with Crippen molar-refractivity contribution in [1.82, 2.24) is 19.4 Å². The Morgan fingerprint density at radius 2 is 1.73 bits per heavy atom. The molecule has 3 aromatic rings. The van der Waals surface area contributed by atoms with Crippen LogP contribution in [-0.4, -0.2) is 76.9 Å². The molecule has 37 heavy (non-hydrogen) atoms. The first-order valence-electron chi connectivity index (χ1n) is 12.6. The predicted molar refractivity (Wildman–Crippen MR) is 134 cm³/mol. The normalized spacial score (nSPS) is 22.9. The second kappa shape index (κ2) is 8.01. The summed E-state index contributed by atoms with van der Waals surface area (Å²) < 4.78 is 18.5. The van der Waals surface area contributed by atoms with Crippen LogP contribution in [0.4, 0.5) is 0 Å². The van der Waals surface area contributed by atoms with E-state index >= 15 is 0 Å². The molecule has 6 heterocycles. The van der Waals surface area contributed by atoms with Gasteiger partial charge in [-0.05, 0) is 31.7 Å². The Morgan fingerprint density at radius 3 is 2.49 bits per heavy atom. The van der Waals surface area contributed by atoms with Crippen LogP contribution in [0.2, 0.25) is 0 Å². The average molecular weight is 505 g/mol. The molecule has 1 atom stereocenters. The maximum absolute atomic E-state index is 13.6. The predicted octanol–water partition coefficient (Wildman–Crippen LogP) is 1.21. The van der Waals surface area contributed by atoms with Gasteiger partial charge in [0.1, 0.15) is 19.8 Å². The molecule has 1 saturated heterocycles. The molecular weight excluding hydrogens is 476 g/mol. The van der Waals surface area contributed by atoms with Gasteiger partial charge in [-0.25, -0.2) is 9.78 Å². The highest BCUT2D eigenvalue weighted by Crippen LogP contribution is 2.42. The zero-order valence-corrected chi connectivity index (χ0v) is 20.9. The minimum atomic E-state index is -1.89. The Bertz CT molecular complexity index is 1540. The van der Waals surface area contributed by atoms with Gasteiger partial charge < -0.3 is 28.8 Å². The highest BCUT2D eigenvalue weighted by molar-refractivity contribution is 5.91. The number of hydrogen-bond donors (Lipinski definition) is 1. The number of pyridine rings is 2. The van der Waals surface area contributed by atoms with Gasteiger partial charge in [0, 0.05) is 55.3 Å². The molecule has 0 spiro atoms. The van der Waals surface area contributed by atoms with E-state index in [1.807, 2.05) is 12.1 Å². The Balaban J connectivity index is 1.44. The summed E-state index contributed by atoms with van der Waals surface area (Å²) in [6.07, 6.45) is 0. The van der Waals surface area contributed by atoms with E-state index in [2.05, 4.69) is 16.8 Å². The fourth-order valence-electron chi connectivity index (χ4n) is 5.86. The van der Waals surface area contributed by atoms with Crippen LogP contribution in [-0.2, 0) is 34.8 Å². The summed E-state index contributed by atoms with van der Waals surface area (Å²) in [6, 6.07) is 5.65. The zero-order chi connectivity index (χ0) is 25.5. The molecule has 2 aromatic heterocycles. The molecule has 4 aliphatic rings. The minimum Gasteiger partial charge on any atom is -0.486 e. The molecule has 1 fully saturated rings. The molecule has 4 aliphatic heterocycles. The van der Waals surface area contributed by atoms with Crippen molar-refractivity contribution in [3.05, 3.63) is 50.8 Å². The van der Waals surface area contributed by atoms with Crippen molar-refractivity contribution in [3.8, 4) is 22.9 Å². The quantitative estimate of drug-likeness (QED) is 0.403. The van der Waals surface area contributed by atoms with Gasteiger partial charge in [-0.15, -0.1) is 0 Å². The number of carbonyl (C=O) groups is 1. The lowest BCUT2D eigenvalue weighted by Crippen LogP contribution is -2.44. The molecule has 10 nitrogen and oxygen atoms in total. The summed E-state index contributed by atoms with van der Waals surface area (Å²) in [5, 5.41) is 11.9. The summed E-state index contributed by atoms with van der Waals surface area (Å²) in [6.45, 7) is 7.17. The zero-order valence-electron chi connectivity index (χ0n) is 20.9. The lowest BCUT2D eigenvalue weighted by Gasteiger charge is -2.33. The number of fused-ring (bicyclic) bond motifs is 6. The number of rotatable bonds is 2. The molecule has 10 heteroatoms. The summed E-state index contributed by atoms with van der Waals surface area (Å²) in [7, 11) is 2.13. The number of ether oxygens (including phenoxy) is 3. The molecule has 1 N–H and O–H groups in total. The fourth-order valence-corrected chi connectivity index (χ4v) is 5.86. The third kappa shape index (κ3) is 3.39. The second-order valence-electron chi connectivity index (χ2n) is 10.5. The number of aromatic nitrogens is 2. The highest BCUT2D eigenvalue weighted by Gasteiger charge is 2.43. The lowest BCUT2D eigenvalue weighted by molar-refractivity contribution is -0.169. The van der Waals surface area contributed by atoms with Crippen molar-refractivity contribution >= 4 is 16.9 Å². The molecule has 0 aliphatic carbocycles. The fraction of sp³-hybridized carbons (Fsp3) is 0.444. The molecule has 0 saturated carbocycles. The van der Waals surface area contributed by atoms with E-state index in [1.54, 1.807) is 10.6 Å². The van der Waals surface area contributed by atoms with Crippen molar-refractivity contribution in [3.63, 3.8) is 0 Å². The van der Waals surface area contributed by atoms with E-state index in [0.717, 1.165) is 54.8 Å². The van der Waals surface area contributed by atoms with Crippen LogP contribution < -0.4 is 15.0 Å². The van der Waals surface area contributed by atoms with Gasteiger partial charge in [0.2, 0.25) is 0 Å². The first-order valence-corrected chi connectivity index (χ1v) is 12.6. The van der Waals surface area contributed by atoms with Gasteiger partial charge in [0.05, 0.1) is 29.0 Å². The number of aliphatic hydroxyl groups is 1. The summed E-state index contributed by atoms with van der Waals surface area (Å²) in [5.41, 5.74) is 2.59. The van der Waals surface area contributed by atoms with E-state index in [4.69, 9.17) is 19.2 Å². The smallest absolute Gasteiger partial charge is 0.342 e. The maximum atomic E-state index is 13.6. The van der Waals surface area contributed by atoms with E-state index in [-0.39, 0.29) is 17.7 Å². The third-order valence-corrected chi connectivity index (χ3v) is 8.07. The SMILES string of the molecule is CN1CCN(Cc2c3c(nc4cc5c(cc24)OCCO5)-c2cc4c(c(=O)n2C3)COC(=O)C4(C)O)CC1. The van der Waals surface area contributed by atoms with Gasteiger partial charge in [0.25, 0.3) is 5.56 Å². The van der Waals surface area contributed by atoms with Gasteiger partial charge >= 0.3 is 5.97 Å². The molecule has 1 aromatic carbocycles.